The Bertz CT molecular complexity index is 913. The van der Waals surface area contributed by atoms with Gasteiger partial charge in [-0.2, -0.15) is 0 Å². The average molecular weight is 397 g/mol. The van der Waals surface area contributed by atoms with E-state index in [1.807, 2.05) is 24.3 Å². The molecule has 0 saturated carbocycles. The standard InChI is InChI=1S/C18H21ClN2O4S/c1-20(2)26(23,24)15-8-9-17(19)16(11-15)18(22)21(3)12-13-6-5-7-14(10-13)25-4/h5-11H,12H2,1-4H3. The van der Waals surface area contributed by atoms with E-state index in [1.165, 1.54) is 37.2 Å². The van der Waals surface area contributed by atoms with Gasteiger partial charge in [0, 0.05) is 27.7 Å². The summed E-state index contributed by atoms with van der Waals surface area (Å²) in [6.45, 7) is 0.330. The molecule has 0 unspecified atom stereocenters. The van der Waals surface area contributed by atoms with Crippen molar-refractivity contribution in [2.75, 3.05) is 28.3 Å². The second kappa shape index (κ2) is 8.07. The Balaban J connectivity index is 2.30. The van der Waals surface area contributed by atoms with E-state index >= 15 is 0 Å². The summed E-state index contributed by atoms with van der Waals surface area (Å²) in [5.41, 5.74) is 1.02. The monoisotopic (exact) mass is 396 g/mol. The van der Waals surface area contributed by atoms with E-state index < -0.39 is 10.0 Å². The quantitative estimate of drug-likeness (QED) is 0.753. The minimum Gasteiger partial charge on any atom is -0.497 e. The second-order valence-corrected chi connectivity index (χ2v) is 8.50. The molecule has 2 aromatic carbocycles. The lowest BCUT2D eigenvalue weighted by Gasteiger charge is -2.19. The first-order valence-corrected chi connectivity index (χ1v) is 9.59. The van der Waals surface area contributed by atoms with Gasteiger partial charge in [0.25, 0.3) is 5.91 Å². The van der Waals surface area contributed by atoms with Crippen LogP contribution in [0.3, 0.4) is 0 Å². The molecule has 8 heteroatoms. The molecule has 1 amide bonds. The van der Waals surface area contributed by atoms with Crippen molar-refractivity contribution >= 4 is 27.5 Å². The van der Waals surface area contributed by atoms with Crippen molar-refractivity contribution < 1.29 is 17.9 Å². The first kappa shape index (κ1) is 20.2. The molecule has 2 rings (SSSR count). The number of sulfonamides is 1. The number of nitrogens with zero attached hydrogens (tertiary/aromatic N) is 2. The third-order valence-electron chi connectivity index (χ3n) is 3.85. The van der Waals surface area contributed by atoms with E-state index in [2.05, 4.69) is 0 Å². The third kappa shape index (κ3) is 4.35. The molecular weight excluding hydrogens is 376 g/mol. The molecule has 0 fully saturated rings. The van der Waals surface area contributed by atoms with Crippen molar-refractivity contribution in [3.8, 4) is 5.75 Å². The van der Waals surface area contributed by atoms with Gasteiger partial charge in [-0.05, 0) is 35.9 Å². The number of carbonyl (C=O) groups is 1. The highest BCUT2D eigenvalue weighted by atomic mass is 35.5. The van der Waals surface area contributed by atoms with Gasteiger partial charge in [0.15, 0.2) is 0 Å². The number of methoxy groups -OCH3 is 1. The second-order valence-electron chi connectivity index (χ2n) is 5.94. The molecule has 26 heavy (non-hydrogen) atoms. The van der Waals surface area contributed by atoms with Gasteiger partial charge < -0.3 is 9.64 Å². The van der Waals surface area contributed by atoms with Crippen molar-refractivity contribution in [3.05, 3.63) is 58.6 Å². The minimum absolute atomic E-state index is 0.0185. The number of ether oxygens (including phenoxy) is 1. The van der Waals surface area contributed by atoms with Gasteiger partial charge in [0.2, 0.25) is 10.0 Å². The zero-order valence-corrected chi connectivity index (χ0v) is 16.6. The lowest BCUT2D eigenvalue weighted by molar-refractivity contribution is 0.0785. The predicted octanol–water partition coefficient (Wildman–Crippen LogP) is 2.87. The number of amides is 1. The van der Waals surface area contributed by atoms with Gasteiger partial charge in [0.1, 0.15) is 5.75 Å². The fourth-order valence-electron chi connectivity index (χ4n) is 2.36. The molecule has 0 aliphatic carbocycles. The fourth-order valence-corrected chi connectivity index (χ4v) is 3.49. The molecule has 0 aliphatic heterocycles. The van der Waals surface area contributed by atoms with Crippen LogP contribution in [0.4, 0.5) is 0 Å². The lowest BCUT2D eigenvalue weighted by Crippen LogP contribution is -2.27. The summed E-state index contributed by atoms with van der Waals surface area (Å²) < 4.78 is 30.9. The van der Waals surface area contributed by atoms with Gasteiger partial charge in [-0.15, -0.1) is 0 Å². The molecule has 0 aliphatic rings. The largest absolute Gasteiger partial charge is 0.497 e. The fraction of sp³-hybridized carbons (Fsp3) is 0.278. The van der Waals surface area contributed by atoms with Crippen LogP contribution in [0.1, 0.15) is 15.9 Å². The maximum atomic E-state index is 12.8. The van der Waals surface area contributed by atoms with Crippen LogP contribution < -0.4 is 4.74 Å². The molecule has 0 N–H and O–H groups in total. The Hall–Kier alpha value is -2.09. The highest BCUT2D eigenvalue weighted by Gasteiger charge is 2.22. The van der Waals surface area contributed by atoms with Gasteiger partial charge in [-0.3, -0.25) is 4.79 Å². The molecule has 0 heterocycles. The molecule has 0 atom stereocenters. The van der Waals surface area contributed by atoms with Gasteiger partial charge >= 0.3 is 0 Å². The van der Waals surface area contributed by atoms with Crippen molar-refractivity contribution in [1.82, 2.24) is 9.21 Å². The van der Waals surface area contributed by atoms with Gasteiger partial charge in [-0.25, -0.2) is 12.7 Å². The van der Waals surface area contributed by atoms with Crippen LogP contribution in [-0.2, 0) is 16.6 Å². The third-order valence-corrected chi connectivity index (χ3v) is 5.99. The molecule has 0 aromatic heterocycles. The maximum Gasteiger partial charge on any atom is 0.255 e. The molecule has 0 spiro atoms. The van der Waals surface area contributed by atoms with Crippen LogP contribution in [-0.4, -0.2) is 51.8 Å². The summed E-state index contributed by atoms with van der Waals surface area (Å²) in [7, 11) is 2.41. The van der Waals surface area contributed by atoms with Crippen LogP contribution >= 0.6 is 11.6 Å². The molecule has 0 radical (unpaired) electrons. The summed E-state index contributed by atoms with van der Waals surface area (Å²) in [4.78, 5) is 14.3. The summed E-state index contributed by atoms with van der Waals surface area (Å²) >= 11 is 6.14. The number of hydrogen-bond acceptors (Lipinski definition) is 4. The van der Waals surface area contributed by atoms with Crippen LogP contribution in [0.25, 0.3) is 0 Å². The number of halogens is 1. The Labute approximate surface area is 159 Å². The number of rotatable bonds is 6. The highest BCUT2D eigenvalue weighted by Crippen LogP contribution is 2.24. The van der Waals surface area contributed by atoms with E-state index in [1.54, 1.807) is 14.2 Å². The highest BCUT2D eigenvalue weighted by molar-refractivity contribution is 7.89. The zero-order valence-electron chi connectivity index (χ0n) is 15.1. The summed E-state index contributed by atoms with van der Waals surface area (Å²) in [6.07, 6.45) is 0. The van der Waals surface area contributed by atoms with E-state index in [0.717, 1.165) is 9.87 Å². The number of carbonyl (C=O) groups excluding carboxylic acids is 1. The molecule has 140 valence electrons. The molecule has 6 nitrogen and oxygen atoms in total. The molecule has 0 bridgehead atoms. The molecule has 2 aromatic rings. The lowest BCUT2D eigenvalue weighted by atomic mass is 10.1. The van der Waals surface area contributed by atoms with Crippen molar-refractivity contribution in [2.24, 2.45) is 0 Å². The van der Waals surface area contributed by atoms with E-state index in [9.17, 15) is 13.2 Å². The molecule has 0 saturated heterocycles. The zero-order chi connectivity index (χ0) is 19.5. The van der Waals surface area contributed by atoms with Gasteiger partial charge in [-0.1, -0.05) is 23.7 Å². The van der Waals surface area contributed by atoms with Crippen LogP contribution in [0.2, 0.25) is 5.02 Å². The van der Waals surface area contributed by atoms with E-state index in [-0.39, 0.29) is 21.4 Å². The first-order valence-electron chi connectivity index (χ1n) is 7.77. The maximum absolute atomic E-state index is 12.8. The Morgan fingerprint density at radius 1 is 1.12 bits per heavy atom. The Morgan fingerprint density at radius 2 is 1.81 bits per heavy atom. The summed E-state index contributed by atoms with van der Waals surface area (Å²) in [5, 5.41) is 0.199. The van der Waals surface area contributed by atoms with E-state index in [0.29, 0.717) is 12.3 Å². The summed E-state index contributed by atoms with van der Waals surface area (Å²) in [5.74, 6) is 0.328. The van der Waals surface area contributed by atoms with E-state index in [4.69, 9.17) is 16.3 Å². The number of hydrogen-bond donors (Lipinski definition) is 0. The molecular formula is C18H21ClN2O4S. The topological polar surface area (TPSA) is 66.9 Å². The summed E-state index contributed by atoms with van der Waals surface area (Å²) in [6, 6.07) is 11.5. The van der Waals surface area contributed by atoms with Crippen molar-refractivity contribution in [3.63, 3.8) is 0 Å². The van der Waals surface area contributed by atoms with Crippen molar-refractivity contribution in [1.29, 1.82) is 0 Å². The SMILES string of the molecule is COc1cccc(CN(C)C(=O)c2cc(S(=O)(=O)N(C)C)ccc2Cl)c1. The number of benzene rings is 2. The van der Waals surface area contributed by atoms with Gasteiger partial charge in [0.05, 0.1) is 22.6 Å². The van der Waals surface area contributed by atoms with Crippen LogP contribution in [0.15, 0.2) is 47.4 Å². The minimum atomic E-state index is -3.66. The average Bonchev–Trinajstić information content (AvgIpc) is 2.61. The first-order chi connectivity index (χ1) is 12.2. The smallest absolute Gasteiger partial charge is 0.255 e. The predicted molar refractivity (Wildman–Crippen MR) is 101 cm³/mol. The normalized spacial score (nSPS) is 11.5. The van der Waals surface area contributed by atoms with Crippen molar-refractivity contribution in [2.45, 2.75) is 11.4 Å². The Morgan fingerprint density at radius 3 is 2.42 bits per heavy atom. The van der Waals surface area contributed by atoms with Crippen LogP contribution in [0, 0.1) is 0 Å². The van der Waals surface area contributed by atoms with Crippen LogP contribution in [0.5, 0.6) is 5.75 Å². The Kier molecular flexibility index (Phi) is 6.28.